The van der Waals surface area contributed by atoms with Crippen LogP contribution in [0, 0.1) is 0 Å². The molecule has 1 aromatic heterocycles. The van der Waals surface area contributed by atoms with Gasteiger partial charge in [-0.3, -0.25) is 4.79 Å². The summed E-state index contributed by atoms with van der Waals surface area (Å²) in [6.45, 7) is 0. The standard InChI is InChI=1S/C13H15N3O3S/c1-18-11-8-9(14)2-3-10(11)16-12(17)4-7-20-13-15-5-6-19-13/h2-3,5-6,8H,4,7,14H2,1H3,(H,16,17). The van der Waals surface area contributed by atoms with Gasteiger partial charge in [-0.1, -0.05) is 11.8 Å². The first kappa shape index (κ1) is 14.3. The number of carbonyl (C=O) groups excluding carboxylic acids is 1. The number of thioether (sulfide) groups is 1. The van der Waals surface area contributed by atoms with Crippen molar-refractivity contribution < 1.29 is 13.9 Å². The van der Waals surface area contributed by atoms with E-state index in [0.29, 0.717) is 34.5 Å². The average molecular weight is 293 g/mol. The molecule has 0 saturated carbocycles. The van der Waals surface area contributed by atoms with Crippen LogP contribution in [0.15, 0.2) is 40.3 Å². The molecule has 2 aromatic rings. The summed E-state index contributed by atoms with van der Waals surface area (Å²) in [6, 6.07) is 5.09. The van der Waals surface area contributed by atoms with E-state index in [9.17, 15) is 4.79 Å². The molecule has 1 aromatic carbocycles. The highest BCUT2D eigenvalue weighted by atomic mass is 32.2. The Kier molecular flexibility index (Phi) is 4.89. The Morgan fingerprint density at radius 2 is 2.40 bits per heavy atom. The molecule has 0 aliphatic heterocycles. The lowest BCUT2D eigenvalue weighted by Crippen LogP contribution is -2.13. The zero-order chi connectivity index (χ0) is 14.4. The second-order valence-corrected chi connectivity index (χ2v) is 4.95. The normalized spacial score (nSPS) is 10.2. The number of aromatic nitrogens is 1. The van der Waals surface area contributed by atoms with E-state index >= 15 is 0 Å². The molecule has 20 heavy (non-hydrogen) atoms. The molecule has 0 saturated heterocycles. The smallest absolute Gasteiger partial charge is 0.255 e. The summed E-state index contributed by atoms with van der Waals surface area (Å²) in [5, 5.41) is 3.34. The third-order valence-electron chi connectivity index (χ3n) is 2.46. The van der Waals surface area contributed by atoms with Crippen molar-refractivity contribution >= 4 is 29.0 Å². The van der Waals surface area contributed by atoms with Crippen molar-refractivity contribution in [1.82, 2.24) is 4.98 Å². The minimum absolute atomic E-state index is 0.105. The number of ether oxygens (including phenoxy) is 1. The van der Waals surface area contributed by atoms with Gasteiger partial charge in [0, 0.05) is 23.9 Å². The summed E-state index contributed by atoms with van der Waals surface area (Å²) in [5.74, 6) is 1.02. The number of oxazole rings is 1. The van der Waals surface area contributed by atoms with E-state index in [2.05, 4.69) is 10.3 Å². The van der Waals surface area contributed by atoms with Gasteiger partial charge in [0.2, 0.25) is 5.91 Å². The van der Waals surface area contributed by atoms with Crippen LogP contribution in [0.3, 0.4) is 0 Å². The first-order valence-electron chi connectivity index (χ1n) is 5.94. The molecule has 0 unspecified atom stereocenters. The van der Waals surface area contributed by atoms with Gasteiger partial charge in [-0.15, -0.1) is 0 Å². The molecule has 0 atom stereocenters. The molecule has 0 aliphatic carbocycles. The fourth-order valence-electron chi connectivity index (χ4n) is 1.54. The van der Waals surface area contributed by atoms with E-state index in [-0.39, 0.29) is 5.91 Å². The Hall–Kier alpha value is -2.15. The molecule has 1 amide bonds. The lowest BCUT2D eigenvalue weighted by atomic mass is 10.2. The average Bonchev–Trinajstić information content (AvgIpc) is 2.94. The van der Waals surface area contributed by atoms with Crippen LogP contribution >= 0.6 is 11.8 Å². The summed E-state index contributed by atoms with van der Waals surface area (Å²) in [5.41, 5.74) is 6.84. The van der Waals surface area contributed by atoms with Crippen LogP contribution in [-0.2, 0) is 4.79 Å². The van der Waals surface area contributed by atoms with E-state index in [0.717, 1.165) is 0 Å². The molecule has 2 rings (SSSR count). The lowest BCUT2D eigenvalue weighted by molar-refractivity contribution is -0.115. The number of nitrogens with one attached hydrogen (secondary N) is 1. The Bertz CT molecular complexity index is 572. The van der Waals surface area contributed by atoms with E-state index in [4.69, 9.17) is 14.9 Å². The predicted molar refractivity (Wildman–Crippen MR) is 77.9 cm³/mol. The van der Waals surface area contributed by atoms with Crippen molar-refractivity contribution in [2.24, 2.45) is 0 Å². The summed E-state index contributed by atoms with van der Waals surface area (Å²) < 4.78 is 10.2. The number of methoxy groups -OCH3 is 1. The van der Waals surface area contributed by atoms with Crippen molar-refractivity contribution in [2.75, 3.05) is 23.9 Å². The number of nitrogens with zero attached hydrogens (tertiary/aromatic N) is 1. The third-order valence-corrected chi connectivity index (χ3v) is 3.32. The summed E-state index contributed by atoms with van der Waals surface area (Å²) in [7, 11) is 1.53. The molecular weight excluding hydrogens is 278 g/mol. The topological polar surface area (TPSA) is 90.4 Å². The quantitative estimate of drug-likeness (QED) is 0.628. The molecule has 6 nitrogen and oxygen atoms in total. The van der Waals surface area contributed by atoms with Crippen molar-refractivity contribution in [1.29, 1.82) is 0 Å². The molecule has 106 valence electrons. The minimum atomic E-state index is -0.105. The Labute approximate surface area is 120 Å². The van der Waals surface area contributed by atoms with E-state index in [1.165, 1.54) is 25.1 Å². The molecule has 0 bridgehead atoms. The highest BCUT2D eigenvalue weighted by molar-refractivity contribution is 7.99. The van der Waals surface area contributed by atoms with Gasteiger partial charge >= 0.3 is 0 Å². The maximum Gasteiger partial charge on any atom is 0.255 e. The number of hydrogen-bond donors (Lipinski definition) is 2. The number of anilines is 2. The molecule has 7 heteroatoms. The molecular formula is C13H15N3O3S. The zero-order valence-electron chi connectivity index (χ0n) is 11.0. The first-order chi connectivity index (χ1) is 9.69. The number of nitrogen functional groups attached to an aromatic ring is 1. The van der Waals surface area contributed by atoms with E-state index < -0.39 is 0 Å². The Balaban J connectivity index is 1.85. The maximum absolute atomic E-state index is 11.8. The van der Waals surface area contributed by atoms with Gasteiger partial charge in [0.25, 0.3) is 5.22 Å². The molecule has 0 aliphatic rings. The van der Waals surface area contributed by atoms with Crippen LogP contribution < -0.4 is 15.8 Å². The second-order valence-electron chi connectivity index (χ2n) is 3.90. The van der Waals surface area contributed by atoms with Crippen LogP contribution in [0.1, 0.15) is 6.42 Å². The van der Waals surface area contributed by atoms with Crippen molar-refractivity contribution in [3.05, 3.63) is 30.7 Å². The predicted octanol–water partition coefficient (Wildman–Crippen LogP) is 2.39. The zero-order valence-corrected chi connectivity index (χ0v) is 11.8. The summed E-state index contributed by atoms with van der Waals surface area (Å²) >= 11 is 1.39. The van der Waals surface area contributed by atoms with Crippen molar-refractivity contribution in [3.63, 3.8) is 0 Å². The van der Waals surface area contributed by atoms with Crippen LogP contribution in [0.5, 0.6) is 5.75 Å². The van der Waals surface area contributed by atoms with Crippen LogP contribution in [0.2, 0.25) is 0 Å². The number of rotatable bonds is 6. The Morgan fingerprint density at radius 1 is 1.55 bits per heavy atom. The number of amides is 1. The number of carbonyl (C=O) groups is 1. The van der Waals surface area contributed by atoms with Crippen molar-refractivity contribution in [3.8, 4) is 5.75 Å². The Morgan fingerprint density at radius 3 is 3.10 bits per heavy atom. The SMILES string of the molecule is COc1cc(N)ccc1NC(=O)CCSc1ncco1. The summed E-state index contributed by atoms with van der Waals surface area (Å²) in [6.07, 6.45) is 3.42. The molecule has 0 spiro atoms. The fraction of sp³-hybridized carbons (Fsp3) is 0.231. The second kappa shape index (κ2) is 6.85. The van der Waals surface area contributed by atoms with E-state index in [1.807, 2.05) is 0 Å². The highest BCUT2D eigenvalue weighted by Gasteiger charge is 2.08. The van der Waals surface area contributed by atoms with Crippen molar-refractivity contribution in [2.45, 2.75) is 11.6 Å². The largest absolute Gasteiger partial charge is 0.494 e. The number of benzene rings is 1. The van der Waals surface area contributed by atoms with Crippen LogP contribution in [0.25, 0.3) is 0 Å². The van der Waals surface area contributed by atoms with Gasteiger partial charge in [-0.05, 0) is 12.1 Å². The number of nitrogens with two attached hydrogens (primary N) is 1. The molecule has 0 radical (unpaired) electrons. The minimum Gasteiger partial charge on any atom is -0.494 e. The van der Waals surface area contributed by atoms with Gasteiger partial charge in [0.05, 0.1) is 19.0 Å². The van der Waals surface area contributed by atoms with Crippen LogP contribution in [-0.4, -0.2) is 23.8 Å². The first-order valence-corrected chi connectivity index (χ1v) is 6.93. The monoisotopic (exact) mass is 293 g/mol. The van der Waals surface area contributed by atoms with Gasteiger partial charge in [0.15, 0.2) is 0 Å². The number of hydrogen-bond acceptors (Lipinski definition) is 6. The molecule has 1 heterocycles. The third kappa shape index (κ3) is 3.92. The van der Waals surface area contributed by atoms with Crippen LogP contribution in [0.4, 0.5) is 11.4 Å². The molecule has 3 N–H and O–H groups in total. The van der Waals surface area contributed by atoms with Gasteiger partial charge in [0.1, 0.15) is 12.0 Å². The van der Waals surface area contributed by atoms with E-state index in [1.54, 1.807) is 24.4 Å². The van der Waals surface area contributed by atoms with Gasteiger partial charge in [-0.25, -0.2) is 4.98 Å². The highest BCUT2D eigenvalue weighted by Crippen LogP contribution is 2.26. The molecule has 0 fully saturated rings. The maximum atomic E-state index is 11.8. The summed E-state index contributed by atoms with van der Waals surface area (Å²) in [4.78, 5) is 15.8. The fourth-order valence-corrected chi connectivity index (χ4v) is 2.26. The van der Waals surface area contributed by atoms with Gasteiger partial charge in [-0.2, -0.15) is 0 Å². The van der Waals surface area contributed by atoms with Gasteiger partial charge < -0.3 is 20.2 Å². The lowest BCUT2D eigenvalue weighted by Gasteiger charge is -2.10.